The molecule has 0 bridgehead atoms. The van der Waals surface area contributed by atoms with Crippen LogP contribution in [0.25, 0.3) is 0 Å². The number of rotatable bonds is 6. The summed E-state index contributed by atoms with van der Waals surface area (Å²) in [7, 11) is -3.66. The Morgan fingerprint density at radius 2 is 1.72 bits per heavy atom. The average molecular weight is 360 g/mol. The number of carbonyl (C=O) groups is 1. The summed E-state index contributed by atoms with van der Waals surface area (Å²) in [6.45, 7) is 7.61. The van der Waals surface area contributed by atoms with E-state index in [4.69, 9.17) is 0 Å². The number of nitrogens with one attached hydrogen (secondary N) is 2. The van der Waals surface area contributed by atoms with Gasteiger partial charge in [0.2, 0.25) is 0 Å². The smallest absolute Gasteiger partial charge is 0.261 e. The highest BCUT2D eigenvalue weighted by Gasteiger charge is 2.16. The van der Waals surface area contributed by atoms with Crippen molar-refractivity contribution < 1.29 is 13.2 Å². The van der Waals surface area contributed by atoms with Gasteiger partial charge < -0.3 is 5.32 Å². The lowest BCUT2D eigenvalue weighted by atomic mass is 10.1. The van der Waals surface area contributed by atoms with Crippen molar-refractivity contribution in [1.82, 2.24) is 5.32 Å². The second-order valence-corrected chi connectivity index (χ2v) is 7.91. The molecule has 0 spiro atoms. The van der Waals surface area contributed by atoms with Crippen LogP contribution in [0, 0.1) is 13.8 Å². The van der Waals surface area contributed by atoms with E-state index in [9.17, 15) is 13.2 Å². The van der Waals surface area contributed by atoms with Gasteiger partial charge in [0.05, 0.1) is 10.6 Å². The normalized spacial score (nSPS) is 12.5. The largest absolute Gasteiger partial charge is 0.350 e. The van der Waals surface area contributed by atoms with Crippen molar-refractivity contribution in [2.45, 2.75) is 45.1 Å². The van der Waals surface area contributed by atoms with Crippen LogP contribution in [0.1, 0.15) is 41.8 Å². The highest BCUT2D eigenvalue weighted by atomic mass is 32.2. The molecule has 0 saturated heterocycles. The third-order valence-corrected chi connectivity index (χ3v) is 5.44. The number of benzene rings is 2. The summed E-state index contributed by atoms with van der Waals surface area (Å²) in [6.07, 6.45) is 0.846. The molecule has 0 aliphatic rings. The van der Waals surface area contributed by atoms with Gasteiger partial charge in [0.25, 0.3) is 15.9 Å². The van der Waals surface area contributed by atoms with Crippen LogP contribution in [-0.2, 0) is 10.0 Å². The minimum atomic E-state index is -3.66. The molecule has 2 aromatic carbocycles. The second kappa shape index (κ2) is 7.70. The van der Waals surface area contributed by atoms with Crippen molar-refractivity contribution in [1.29, 1.82) is 0 Å². The Kier molecular flexibility index (Phi) is 5.85. The van der Waals surface area contributed by atoms with Gasteiger partial charge in [-0.1, -0.05) is 24.6 Å². The minimum Gasteiger partial charge on any atom is -0.350 e. The molecule has 134 valence electrons. The van der Waals surface area contributed by atoms with Gasteiger partial charge >= 0.3 is 0 Å². The van der Waals surface area contributed by atoms with E-state index < -0.39 is 10.0 Å². The van der Waals surface area contributed by atoms with Crippen LogP contribution in [0.5, 0.6) is 0 Å². The fraction of sp³-hybridized carbons (Fsp3) is 0.316. The first-order valence-electron chi connectivity index (χ1n) is 8.24. The summed E-state index contributed by atoms with van der Waals surface area (Å²) < 4.78 is 27.5. The molecule has 0 fully saturated rings. The molecule has 0 heterocycles. The summed E-state index contributed by atoms with van der Waals surface area (Å²) in [5.74, 6) is -0.162. The van der Waals surface area contributed by atoms with E-state index >= 15 is 0 Å². The lowest BCUT2D eigenvalue weighted by Crippen LogP contribution is -2.31. The third-order valence-electron chi connectivity index (χ3n) is 4.05. The Labute approximate surface area is 149 Å². The molecule has 5 nitrogen and oxygen atoms in total. The van der Waals surface area contributed by atoms with Crippen molar-refractivity contribution in [3.63, 3.8) is 0 Å². The molecule has 1 amide bonds. The first-order chi connectivity index (χ1) is 11.7. The van der Waals surface area contributed by atoms with Gasteiger partial charge in [0, 0.05) is 11.6 Å². The predicted molar refractivity (Wildman–Crippen MR) is 100 cm³/mol. The predicted octanol–water partition coefficient (Wildman–Crippen LogP) is 3.63. The van der Waals surface area contributed by atoms with Crippen molar-refractivity contribution in [2.24, 2.45) is 0 Å². The molecule has 0 aliphatic carbocycles. The Morgan fingerprint density at radius 1 is 1.08 bits per heavy atom. The van der Waals surface area contributed by atoms with Crippen LogP contribution in [0.3, 0.4) is 0 Å². The summed E-state index contributed by atoms with van der Waals surface area (Å²) in [4.78, 5) is 12.4. The van der Waals surface area contributed by atoms with Crippen molar-refractivity contribution in [3.05, 3.63) is 59.2 Å². The lowest BCUT2D eigenvalue weighted by molar-refractivity contribution is 0.0939. The van der Waals surface area contributed by atoms with E-state index in [1.807, 2.05) is 20.8 Å². The van der Waals surface area contributed by atoms with E-state index in [1.54, 1.807) is 49.4 Å². The Bertz CT molecular complexity index is 859. The number of carbonyl (C=O) groups excluding carboxylic acids is 1. The molecule has 25 heavy (non-hydrogen) atoms. The van der Waals surface area contributed by atoms with Gasteiger partial charge in [-0.3, -0.25) is 9.52 Å². The maximum Gasteiger partial charge on any atom is 0.261 e. The molecular weight excluding hydrogens is 336 g/mol. The molecular formula is C19H24N2O3S. The molecule has 2 N–H and O–H groups in total. The first-order valence-corrected chi connectivity index (χ1v) is 9.72. The molecule has 2 rings (SSSR count). The van der Waals surface area contributed by atoms with Gasteiger partial charge in [-0.25, -0.2) is 8.42 Å². The van der Waals surface area contributed by atoms with Crippen LogP contribution in [0.15, 0.2) is 47.4 Å². The minimum absolute atomic E-state index is 0.0903. The van der Waals surface area contributed by atoms with Gasteiger partial charge in [0.15, 0.2) is 0 Å². The molecule has 0 aliphatic heterocycles. The van der Waals surface area contributed by atoms with Crippen LogP contribution < -0.4 is 10.0 Å². The molecule has 6 heteroatoms. The highest BCUT2D eigenvalue weighted by molar-refractivity contribution is 7.92. The van der Waals surface area contributed by atoms with E-state index in [0.717, 1.165) is 12.0 Å². The third kappa shape index (κ3) is 4.82. The monoisotopic (exact) mass is 360 g/mol. The van der Waals surface area contributed by atoms with E-state index in [1.165, 1.54) is 0 Å². The molecule has 1 atom stereocenters. The molecule has 0 radical (unpaired) electrons. The topological polar surface area (TPSA) is 75.3 Å². The number of hydrogen-bond acceptors (Lipinski definition) is 3. The molecule has 2 aromatic rings. The van der Waals surface area contributed by atoms with E-state index in [0.29, 0.717) is 16.8 Å². The highest BCUT2D eigenvalue weighted by Crippen LogP contribution is 2.21. The van der Waals surface area contributed by atoms with Crippen molar-refractivity contribution >= 4 is 21.6 Å². The lowest BCUT2D eigenvalue weighted by Gasteiger charge is -2.14. The van der Waals surface area contributed by atoms with Gasteiger partial charge in [-0.05, 0) is 63.1 Å². The zero-order valence-electron chi connectivity index (χ0n) is 15.0. The Morgan fingerprint density at radius 3 is 2.28 bits per heavy atom. The first kappa shape index (κ1) is 19.0. The standard InChI is InChI=1S/C19H24N2O3S/c1-5-15(4)20-19(22)16-8-11-18(14(3)12-16)21-25(23,24)17-9-6-13(2)7-10-17/h6-12,15,21H,5H2,1-4H3,(H,20,22)/t15-/m1/s1. The summed E-state index contributed by atoms with van der Waals surface area (Å²) in [5.41, 5.74) is 2.65. The fourth-order valence-electron chi connectivity index (χ4n) is 2.25. The quantitative estimate of drug-likeness (QED) is 0.826. The van der Waals surface area contributed by atoms with Crippen molar-refractivity contribution in [2.75, 3.05) is 4.72 Å². The summed E-state index contributed by atoms with van der Waals surface area (Å²) in [5, 5.41) is 2.89. The number of aryl methyl sites for hydroxylation is 2. The average Bonchev–Trinajstić information content (AvgIpc) is 2.56. The Hall–Kier alpha value is -2.34. The fourth-order valence-corrected chi connectivity index (χ4v) is 3.38. The van der Waals surface area contributed by atoms with Gasteiger partial charge in [0.1, 0.15) is 0 Å². The zero-order chi connectivity index (χ0) is 18.6. The maximum atomic E-state index is 12.5. The number of hydrogen-bond donors (Lipinski definition) is 2. The van der Waals surface area contributed by atoms with Crippen molar-refractivity contribution in [3.8, 4) is 0 Å². The summed E-state index contributed by atoms with van der Waals surface area (Å²) >= 11 is 0. The second-order valence-electron chi connectivity index (χ2n) is 6.23. The Balaban J connectivity index is 2.21. The number of anilines is 1. The number of sulfonamides is 1. The van der Waals surface area contributed by atoms with E-state index in [2.05, 4.69) is 10.0 Å². The zero-order valence-corrected chi connectivity index (χ0v) is 15.8. The maximum absolute atomic E-state index is 12.5. The molecule has 0 saturated carbocycles. The van der Waals surface area contributed by atoms with Crippen LogP contribution >= 0.6 is 0 Å². The van der Waals surface area contributed by atoms with Crippen LogP contribution in [0.2, 0.25) is 0 Å². The van der Waals surface area contributed by atoms with Gasteiger partial charge in [-0.15, -0.1) is 0 Å². The number of amides is 1. The summed E-state index contributed by atoms with van der Waals surface area (Å²) in [6, 6.07) is 11.7. The molecule has 0 unspecified atom stereocenters. The van der Waals surface area contributed by atoms with Gasteiger partial charge in [-0.2, -0.15) is 0 Å². The van der Waals surface area contributed by atoms with Crippen LogP contribution in [-0.4, -0.2) is 20.4 Å². The molecule has 0 aromatic heterocycles. The SMILES string of the molecule is CC[C@@H](C)NC(=O)c1ccc(NS(=O)(=O)c2ccc(C)cc2)c(C)c1. The van der Waals surface area contributed by atoms with E-state index in [-0.39, 0.29) is 16.8 Å². The van der Waals surface area contributed by atoms with Crippen LogP contribution in [0.4, 0.5) is 5.69 Å².